The number of aliphatic carboxylic acids is 1. The number of amides is 3. The zero-order valence-corrected chi connectivity index (χ0v) is 18.7. The van der Waals surface area contributed by atoms with Crippen LogP contribution in [0.15, 0.2) is 30.3 Å². The van der Waals surface area contributed by atoms with E-state index in [1.54, 1.807) is 6.07 Å². The number of carbonyl (C=O) groups is 3. The van der Waals surface area contributed by atoms with Crippen LogP contribution < -0.4 is 22.1 Å². The lowest BCUT2D eigenvalue weighted by molar-refractivity contribution is -0.139. The molecular weight excluding hydrogens is 428 g/mol. The maximum absolute atomic E-state index is 11.7. The van der Waals surface area contributed by atoms with Crippen LogP contribution in [0.25, 0.3) is 16.5 Å². The zero-order chi connectivity index (χ0) is 23.3. The molecular formula is C23H28N4O4S. The summed E-state index contributed by atoms with van der Waals surface area (Å²) in [7, 11) is 0. The maximum atomic E-state index is 11.7. The summed E-state index contributed by atoms with van der Waals surface area (Å²) in [6.07, 6.45) is 8.47. The SMILES string of the molecule is Cc1cc(C=CC[C@H](NC2CCCC2)C(=O)O)cc(-c2cc(C(N)=O)c(NC(N)=O)s2)c1. The molecule has 1 atom stereocenters. The van der Waals surface area contributed by atoms with Crippen LogP contribution in [0.3, 0.4) is 0 Å². The molecule has 8 nitrogen and oxygen atoms in total. The summed E-state index contributed by atoms with van der Waals surface area (Å²) >= 11 is 1.21. The summed E-state index contributed by atoms with van der Waals surface area (Å²) in [5.41, 5.74) is 13.6. The van der Waals surface area contributed by atoms with Gasteiger partial charge in [0.1, 0.15) is 11.0 Å². The number of carbonyl (C=O) groups excluding carboxylic acids is 2. The van der Waals surface area contributed by atoms with E-state index in [9.17, 15) is 19.5 Å². The normalized spacial score (nSPS) is 15.2. The molecule has 32 heavy (non-hydrogen) atoms. The molecule has 1 fully saturated rings. The Labute approximate surface area is 190 Å². The number of nitrogens with two attached hydrogens (primary N) is 2. The summed E-state index contributed by atoms with van der Waals surface area (Å²) in [6.45, 7) is 1.95. The van der Waals surface area contributed by atoms with E-state index in [2.05, 4.69) is 10.6 Å². The Morgan fingerprint density at radius 2 is 1.91 bits per heavy atom. The quantitative estimate of drug-likeness (QED) is 0.390. The first-order valence-electron chi connectivity index (χ1n) is 10.5. The summed E-state index contributed by atoms with van der Waals surface area (Å²) < 4.78 is 0. The third-order valence-corrected chi connectivity index (χ3v) is 6.49. The average molecular weight is 457 g/mol. The minimum Gasteiger partial charge on any atom is -0.480 e. The highest BCUT2D eigenvalue weighted by Crippen LogP contribution is 2.36. The molecule has 3 rings (SSSR count). The van der Waals surface area contributed by atoms with Crippen LogP contribution in [0.5, 0.6) is 0 Å². The van der Waals surface area contributed by atoms with E-state index in [0.717, 1.165) is 47.3 Å². The number of aryl methyl sites for hydroxylation is 1. The van der Waals surface area contributed by atoms with E-state index >= 15 is 0 Å². The van der Waals surface area contributed by atoms with Crippen molar-refractivity contribution in [2.45, 2.75) is 51.1 Å². The van der Waals surface area contributed by atoms with E-state index in [0.29, 0.717) is 11.4 Å². The van der Waals surface area contributed by atoms with Gasteiger partial charge in [-0.05, 0) is 55.0 Å². The maximum Gasteiger partial charge on any atom is 0.321 e. The van der Waals surface area contributed by atoms with Crippen molar-refractivity contribution >= 4 is 40.3 Å². The Kier molecular flexibility index (Phi) is 7.66. The minimum absolute atomic E-state index is 0.199. The molecule has 1 aliphatic carbocycles. The molecule has 0 spiro atoms. The van der Waals surface area contributed by atoms with Crippen LogP contribution in [-0.4, -0.2) is 35.1 Å². The summed E-state index contributed by atoms with van der Waals surface area (Å²) in [6, 6.07) is 6.41. The van der Waals surface area contributed by atoms with Crippen molar-refractivity contribution in [3.63, 3.8) is 0 Å². The second-order valence-electron chi connectivity index (χ2n) is 8.02. The molecule has 1 aromatic carbocycles. The fourth-order valence-electron chi connectivity index (χ4n) is 3.93. The van der Waals surface area contributed by atoms with E-state index in [4.69, 9.17) is 11.5 Å². The molecule has 3 amide bonds. The number of hydrogen-bond donors (Lipinski definition) is 5. The largest absolute Gasteiger partial charge is 0.480 e. The van der Waals surface area contributed by atoms with Gasteiger partial charge in [-0.2, -0.15) is 0 Å². The molecule has 7 N–H and O–H groups in total. The number of urea groups is 1. The lowest BCUT2D eigenvalue weighted by Gasteiger charge is -2.18. The van der Waals surface area contributed by atoms with Gasteiger partial charge in [-0.15, -0.1) is 11.3 Å². The lowest BCUT2D eigenvalue weighted by Crippen LogP contribution is -2.41. The van der Waals surface area contributed by atoms with E-state index in [1.807, 2.05) is 37.3 Å². The lowest BCUT2D eigenvalue weighted by atomic mass is 10.0. The van der Waals surface area contributed by atoms with Crippen molar-refractivity contribution in [3.05, 3.63) is 47.0 Å². The van der Waals surface area contributed by atoms with E-state index in [1.165, 1.54) is 11.3 Å². The Hall–Kier alpha value is -3.17. The fourth-order valence-corrected chi connectivity index (χ4v) is 4.98. The topological polar surface area (TPSA) is 148 Å². The highest BCUT2D eigenvalue weighted by Gasteiger charge is 2.22. The number of thiophene rings is 1. The molecule has 0 bridgehead atoms. The third kappa shape index (κ3) is 6.18. The molecule has 0 aliphatic heterocycles. The second kappa shape index (κ2) is 10.4. The first-order valence-corrected chi connectivity index (χ1v) is 11.3. The monoisotopic (exact) mass is 456 g/mol. The van der Waals surface area contributed by atoms with Gasteiger partial charge in [0.15, 0.2) is 0 Å². The molecule has 0 unspecified atom stereocenters. The number of benzene rings is 1. The number of nitrogens with one attached hydrogen (secondary N) is 2. The highest BCUT2D eigenvalue weighted by molar-refractivity contribution is 7.20. The molecule has 170 valence electrons. The van der Waals surface area contributed by atoms with Crippen molar-refractivity contribution in [1.29, 1.82) is 0 Å². The van der Waals surface area contributed by atoms with Gasteiger partial charge in [0.05, 0.1) is 5.56 Å². The van der Waals surface area contributed by atoms with Crippen LogP contribution in [0.4, 0.5) is 9.80 Å². The molecule has 9 heteroatoms. The number of primary amides is 2. The Bertz CT molecular complexity index is 1040. The van der Waals surface area contributed by atoms with Crippen LogP contribution in [0.2, 0.25) is 0 Å². The van der Waals surface area contributed by atoms with Gasteiger partial charge in [-0.1, -0.05) is 37.1 Å². The van der Waals surface area contributed by atoms with Crippen molar-refractivity contribution in [1.82, 2.24) is 5.32 Å². The summed E-state index contributed by atoms with van der Waals surface area (Å²) in [5.74, 6) is -1.50. The molecule has 1 aromatic heterocycles. The van der Waals surface area contributed by atoms with Gasteiger partial charge in [-0.3, -0.25) is 14.9 Å². The summed E-state index contributed by atoms with van der Waals surface area (Å²) in [4.78, 5) is 35.3. The van der Waals surface area contributed by atoms with E-state index < -0.39 is 23.9 Å². The molecule has 1 aliphatic rings. The number of hydrogen-bond acceptors (Lipinski definition) is 5. The number of anilines is 1. The minimum atomic E-state index is -0.849. The van der Waals surface area contributed by atoms with Crippen LogP contribution in [0, 0.1) is 6.92 Å². The predicted octanol–water partition coefficient (Wildman–Crippen LogP) is 3.70. The number of rotatable bonds is 9. The summed E-state index contributed by atoms with van der Waals surface area (Å²) in [5, 5.41) is 15.5. The molecule has 1 heterocycles. The standard InChI is InChI=1S/C23H28N4O4S/c1-13-9-14(5-4-8-18(22(29)30)26-16-6-2-3-7-16)11-15(10-13)19-12-17(20(24)28)21(32-19)27-23(25)31/h4-5,9-12,16,18,26H,2-3,6-8H2,1H3,(H2,24,28)(H,29,30)(H3,25,27,31)/t18-/m0/s1. The fraction of sp³-hybridized carbons (Fsp3) is 0.348. The first kappa shape index (κ1) is 23.5. The van der Waals surface area contributed by atoms with Crippen molar-refractivity contribution < 1.29 is 19.5 Å². The smallest absolute Gasteiger partial charge is 0.321 e. The Balaban J connectivity index is 1.78. The third-order valence-electron chi connectivity index (χ3n) is 5.39. The molecule has 0 saturated heterocycles. The number of carboxylic acids is 1. The predicted molar refractivity (Wildman–Crippen MR) is 127 cm³/mol. The van der Waals surface area contributed by atoms with Crippen LogP contribution in [-0.2, 0) is 4.79 Å². The van der Waals surface area contributed by atoms with Gasteiger partial charge < -0.3 is 21.9 Å². The Morgan fingerprint density at radius 3 is 2.53 bits per heavy atom. The first-order chi connectivity index (χ1) is 15.2. The zero-order valence-electron chi connectivity index (χ0n) is 17.9. The van der Waals surface area contributed by atoms with Gasteiger partial charge in [0, 0.05) is 10.9 Å². The van der Waals surface area contributed by atoms with Crippen LogP contribution >= 0.6 is 11.3 Å². The van der Waals surface area contributed by atoms with E-state index in [-0.39, 0.29) is 11.6 Å². The van der Waals surface area contributed by atoms with Gasteiger partial charge in [0.2, 0.25) is 0 Å². The van der Waals surface area contributed by atoms with Gasteiger partial charge >= 0.3 is 12.0 Å². The van der Waals surface area contributed by atoms with Crippen LogP contribution in [0.1, 0.15) is 53.6 Å². The van der Waals surface area contributed by atoms with Crippen molar-refractivity contribution in [3.8, 4) is 10.4 Å². The Morgan fingerprint density at radius 1 is 1.19 bits per heavy atom. The molecule has 0 radical (unpaired) electrons. The van der Waals surface area contributed by atoms with Crippen molar-refractivity contribution in [2.75, 3.05) is 5.32 Å². The highest BCUT2D eigenvalue weighted by atomic mass is 32.1. The molecule has 1 saturated carbocycles. The number of carboxylic acid groups (broad SMARTS) is 1. The molecule has 2 aromatic rings. The van der Waals surface area contributed by atoms with Gasteiger partial charge in [-0.25, -0.2) is 4.79 Å². The van der Waals surface area contributed by atoms with Gasteiger partial charge in [0.25, 0.3) is 5.91 Å². The second-order valence-corrected chi connectivity index (χ2v) is 9.07. The van der Waals surface area contributed by atoms with Crippen molar-refractivity contribution in [2.24, 2.45) is 11.5 Å². The average Bonchev–Trinajstić information content (AvgIpc) is 3.36.